The van der Waals surface area contributed by atoms with Crippen LogP contribution in [0.3, 0.4) is 0 Å². The number of amides is 2. The molecule has 0 aliphatic carbocycles. The van der Waals surface area contributed by atoms with Gasteiger partial charge in [-0.05, 0) is 25.9 Å². The summed E-state index contributed by atoms with van der Waals surface area (Å²) in [6.45, 7) is 1.61. The summed E-state index contributed by atoms with van der Waals surface area (Å²) in [6, 6.07) is 0. The monoisotopic (exact) mass is 257 g/mol. The molecule has 0 atom stereocenters. The summed E-state index contributed by atoms with van der Waals surface area (Å²) in [5, 5.41) is 3.20. The van der Waals surface area contributed by atoms with Gasteiger partial charge in [-0.2, -0.15) is 0 Å². The van der Waals surface area contributed by atoms with Crippen LogP contribution in [-0.4, -0.2) is 75.1 Å². The fourth-order valence-electron chi connectivity index (χ4n) is 2.10. The molecule has 0 bridgehead atoms. The maximum atomic E-state index is 12.4. The number of nitrogens with one attached hydrogen (secondary N) is 1. The molecule has 0 radical (unpaired) electrons. The summed E-state index contributed by atoms with van der Waals surface area (Å²) in [5.41, 5.74) is -0.771. The van der Waals surface area contributed by atoms with Crippen LogP contribution in [0, 0.1) is 0 Å². The average Bonchev–Trinajstić information content (AvgIpc) is 2.38. The molecular formula is C12H23N3O3. The summed E-state index contributed by atoms with van der Waals surface area (Å²) in [7, 11) is 6.56. The molecule has 0 aromatic heterocycles. The van der Waals surface area contributed by atoms with Crippen molar-refractivity contribution in [1.82, 2.24) is 15.1 Å². The van der Waals surface area contributed by atoms with Crippen molar-refractivity contribution in [2.45, 2.75) is 18.4 Å². The van der Waals surface area contributed by atoms with E-state index < -0.39 is 5.60 Å². The molecule has 0 spiro atoms. The summed E-state index contributed by atoms with van der Waals surface area (Å²) in [6.07, 6.45) is 1.28. The molecule has 1 heterocycles. The third-order valence-corrected chi connectivity index (χ3v) is 3.41. The lowest BCUT2D eigenvalue weighted by molar-refractivity contribution is -0.159. The Kier molecular flexibility index (Phi) is 5.10. The lowest BCUT2D eigenvalue weighted by Crippen LogP contribution is -2.55. The average molecular weight is 257 g/mol. The zero-order valence-corrected chi connectivity index (χ0v) is 11.7. The first-order valence-electron chi connectivity index (χ1n) is 6.14. The van der Waals surface area contributed by atoms with Crippen LogP contribution in [0.5, 0.6) is 0 Å². The molecule has 1 fully saturated rings. The van der Waals surface area contributed by atoms with Crippen molar-refractivity contribution in [3.8, 4) is 0 Å². The van der Waals surface area contributed by atoms with Crippen molar-refractivity contribution in [2.24, 2.45) is 0 Å². The number of carbonyl (C=O) groups is 2. The van der Waals surface area contributed by atoms with Crippen LogP contribution in [-0.2, 0) is 14.3 Å². The number of rotatable bonds is 4. The van der Waals surface area contributed by atoms with Crippen LogP contribution in [0.15, 0.2) is 0 Å². The maximum Gasteiger partial charge on any atom is 0.255 e. The Bertz CT molecular complexity index is 312. The molecule has 6 nitrogen and oxygen atoms in total. The first-order chi connectivity index (χ1) is 8.43. The molecule has 1 N–H and O–H groups in total. The van der Waals surface area contributed by atoms with Crippen LogP contribution < -0.4 is 5.32 Å². The highest BCUT2D eigenvalue weighted by molar-refractivity contribution is 5.89. The zero-order chi connectivity index (χ0) is 13.8. The minimum absolute atomic E-state index is 0.0877. The second-order valence-corrected chi connectivity index (χ2v) is 4.90. The zero-order valence-electron chi connectivity index (χ0n) is 11.7. The second kappa shape index (κ2) is 6.15. The van der Waals surface area contributed by atoms with Crippen molar-refractivity contribution >= 4 is 11.8 Å². The third kappa shape index (κ3) is 3.20. The van der Waals surface area contributed by atoms with E-state index in [-0.39, 0.29) is 18.4 Å². The predicted octanol–water partition coefficient (Wildman–Crippen LogP) is -0.698. The van der Waals surface area contributed by atoms with E-state index in [1.165, 1.54) is 9.80 Å². The van der Waals surface area contributed by atoms with E-state index >= 15 is 0 Å². The quantitative estimate of drug-likeness (QED) is 0.723. The lowest BCUT2D eigenvalue weighted by atomic mass is 9.90. The highest BCUT2D eigenvalue weighted by Gasteiger charge is 2.41. The van der Waals surface area contributed by atoms with Crippen molar-refractivity contribution < 1.29 is 14.3 Å². The van der Waals surface area contributed by atoms with E-state index in [1.807, 2.05) is 0 Å². The molecule has 2 amide bonds. The van der Waals surface area contributed by atoms with Crippen LogP contribution >= 0.6 is 0 Å². The minimum Gasteiger partial charge on any atom is -0.368 e. The van der Waals surface area contributed by atoms with Crippen LogP contribution in [0.4, 0.5) is 0 Å². The molecule has 0 aromatic carbocycles. The standard InChI is InChI=1S/C12H23N3O3/c1-14(2)10(16)9-15(3)11(17)12(18-4)5-7-13-8-6-12/h13H,5-9H2,1-4H3. The van der Waals surface area contributed by atoms with Gasteiger partial charge in [0.1, 0.15) is 5.60 Å². The molecule has 104 valence electrons. The fraction of sp³-hybridized carbons (Fsp3) is 0.833. The van der Waals surface area contributed by atoms with Crippen LogP contribution in [0.1, 0.15) is 12.8 Å². The SMILES string of the molecule is COC1(C(=O)N(C)CC(=O)N(C)C)CCNCC1. The van der Waals surface area contributed by atoms with E-state index in [4.69, 9.17) is 4.74 Å². The van der Waals surface area contributed by atoms with E-state index in [0.717, 1.165) is 13.1 Å². The Labute approximate surface area is 108 Å². The smallest absolute Gasteiger partial charge is 0.255 e. The fourth-order valence-corrected chi connectivity index (χ4v) is 2.10. The largest absolute Gasteiger partial charge is 0.368 e. The van der Waals surface area contributed by atoms with Gasteiger partial charge in [-0.1, -0.05) is 0 Å². The molecule has 0 unspecified atom stereocenters. The number of ether oxygens (including phenoxy) is 1. The lowest BCUT2D eigenvalue weighted by Gasteiger charge is -2.37. The Morgan fingerprint density at radius 2 is 1.78 bits per heavy atom. The Morgan fingerprint density at radius 3 is 2.22 bits per heavy atom. The number of carbonyl (C=O) groups excluding carboxylic acids is 2. The first kappa shape index (κ1) is 14.9. The molecule has 1 rings (SSSR count). The van der Waals surface area contributed by atoms with Crippen LogP contribution in [0.2, 0.25) is 0 Å². The van der Waals surface area contributed by atoms with Gasteiger partial charge < -0.3 is 19.9 Å². The molecule has 0 saturated carbocycles. The van der Waals surface area contributed by atoms with Gasteiger partial charge in [0.15, 0.2) is 0 Å². The second-order valence-electron chi connectivity index (χ2n) is 4.90. The van der Waals surface area contributed by atoms with Crippen molar-refractivity contribution in [1.29, 1.82) is 0 Å². The number of methoxy groups -OCH3 is 1. The molecule has 18 heavy (non-hydrogen) atoms. The maximum absolute atomic E-state index is 12.4. The first-order valence-corrected chi connectivity index (χ1v) is 6.14. The van der Waals surface area contributed by atoms with Gasteiger partial charge in [0.05, 0.1) is 6.54 Å². The summed E-state index contributed by atoms with van der Waals surface area (Å²) in [4.78, 5) is 27.0. The van der Waals surface area contributed by atoms with Crippen molar-refractivity contribution in [3.63, 3.8) is 0 Å². The van der Waals surface area contributed by atoms with Gasteiger partial charge in [-0.3, -0.25) is 9.59 Å². The molecular weight excluding hydrogens is 234 g/mol. The van der Waals surface area contributed by atoms with Gasteiger partial charge >= 0.3 is 0 Å². The van der Waals surface area contributed by atoms with E-state index in [1.54, 1.807) is 28.3 Å². The van der Waals surface area contributed by atoms with Gasteiger partial charge in [-0.25, -0.2) is 0 Å². The highest BCUT2D eigenvalue weighted by Crippen LogP contribution is 2.24. The molecule has 1 saturated heterocycles. The van der Waals surface area contributed by atoms with Gasteiger partial charge in [0.25, 0.3) is 5.91 Å². The van der Waals surface area contributed by atoms with Crippen LogP contribution in [0.25, 0.3) is 0 Å². The third-order valence-electron chi connectivity index (χ3n) is 3.41. The summed E-state index contributed by atoms with van der Waals surface area (Å²) < 4.78 is 5.45. The number of hydrogen-bond acceptors (Lipinski definition) is 4. The highest BCUT2D eigenvalue weighted by atomic mass is 16.5. The van der Waals surface area contributed by atoms with Gasteiger partial charge in [0, 0.05) is 28.3 Å². The molecule has 6 heteroatoms. The Hall–Kier alpha value is -1.14. The van der Waals surface area contributed by atoms with E-state index in [9.17, 15) is 9.59 Å². The Morgan fingerprint density at radius 1 is 1.22 bits per heavy atom. The van der Waals surface area contributed by atoms with E-state index in [2.05, 4.69) is 5.32 Å². The summed E-state index contributed by atoms with van der Waals surface area (Å²) >= 11 is 0. The summed E-state index contributed by atoms with van der Waals surface area (Å²) in [5.74, 6) is -0.201. The minimum atomic E-state index is -0.771. The molecule has 0 aromatic rings. The van der Waals surface area contributed by atoms with E-state index in [0.29, 0.717) is 12.8 Å². The van der Waals surface area contributed by atoms with Gasteiger partial charge in [0.2, 0.25) is 5.91 Å². The van der Waals surface area contributed by atoms with Gasteiger partial charge in [-0.15, -0.1) is 0 Å². The molecule has 1 aliphatic rings. The number of nitrogens with zero attached hydrogens (tertiary/aromatic N) is 2. The molecule has 1 aliphatic heterocycles. The number of hydrogen-bond donors (Lipinski definition) is 1. The van der Waals surface area contributed by atoms with Crippen molar-refractivity contribution in [2.75, 3.05) is 47.9 Å². The van der Waals surface area contributed by atoms with Crippen molar-refractivity contribution in [3.05, 3.63) is 0 Å². The topological polar surface area (TPSA) is 61.9 Å². The normalized spacial score (nSPS) is 18.2. The Balaban J connectivity index is 2.68. The number of likely N-dealkylation sites (N-methyl/N-ethyl adjacent to an activating group) is 2. The predicted molar refractivity (Wildman–Crippen MR) is 68.2 cm³/mol. The number of piperidine rings is 1.